The van der Waals surface area contributed by atoms with Crippen molar-refractivity contribution in [3.05, 3.63) is 24.3 Å². The Morgan fingerprint density at radius 2 is 2.20 bits per heavy atom. The molecule has 3 nitrogen and oxygen atoms in total. The smallest absolute Gasteiger partial charge is 0.262 e. The van der Waals surface area contributed by atoms with Crippen molar-refractivity contribution in [1.29, 1.82) is 0 Å². The molecule has 1 amide bonds. The predicted molar refractivity (Wildman–Crippen MR) is 56.6 cm³/mol. The molecule has 15 heavy (non-hydrogen) atoms. The number of anilines is 1. The fourth-order valence-corrected chi connectivity index (χ4v) is 2.34. The van der Waals surface area contributed by atoms with E-state index in [9.17, 15) is 9.18 Å². The number of carbonyl (C=O) groups is 1. The van der Waals surface area contributed by atoms with Gasteiger partial charge in [-0.3, -0.25) is 4.79 Å². The maximum absolute atomic E-state index is 13.5. The van der Waals surface area contributed by atoms with Crippen molar-refractivity contribution < 1.29 is 13.9 Å². The van der Waals surface area contributed by atoms with Gasteiger partial charge < -0.3 is 10.1 Å². The molecule has 80 valence electrons. The van der Waals surface area contributed by atoms with E-state index >= 15 is 0 Å². The van der Waals surface area contributed by atoms with E-state index in [1.54, 1.807) is 12.1 Å². The Balaban J connectivity index is 2.37. The summed E-state index contributed by atoms with van der Waals surface area (Å²) in [4.78, 5) is 12.2. The number of hydrogen-bond donors (Lipinski definition) is 1. The molecule has 1 heterocycles. The highest BCUT2D eigenvalue weighted by atomic mass is 32.2. The first-order valence-corrected chi connectivity index (χ1v) is 5.34. The Labute approximate surface area is 91.0 Å². The minimum absolute atomic E-state index is 0.634. The van der Waals surface area contributed by atoms with Gasteiger partial charge in [-0.2, -0.15) is 0 Å². The number of methoxy groups -OCH3 is 1. The fraction of sp³-hybridized carbons (Fsp3) is 0.300. The van der Waals surface area contributed by atoms with Gasteiger partial charge in [0, 0.05) is 12.0 Å². The van der Waals surface area contributed by atoms with E-state index in [4.69, 9.17) is 4.74 Å². The summed E-state index contributed by atoms with van der Waals surface area (Å²) in [5.41, 5.74) is -0.150. The number of ether oxygens (including phenoxy) is 1. The van der Waals surface area contributed by atoms with Crippen molar-refractivity contribution in [2.45, 2.75) is 16.5 Å². The van der Waals surface area contributed by atoms with Gasteiger partial charge in [-0.25, -0.2) is 4.39 Å². The summed E-state index contributed by atoms with van der Waals surface area (Å²) in [6, 6.07) is 7.19. The number of hydrogen-bond acceptors (Lipinski definition) is 3. The second-order valence-electron chi connectivity index (χ2n) is 3.11. The maximum atomic E-state index is 13.5. The number of rotatable bonds is 1. The molecule has 1 aliphatic rings. The number of para-hydroxylation sites is 1. The molecule has 0 aliphatic carbocycles. The number of halogens is 1. The molecule has 0 fully saturated rings. The molecule has 0 radical (unpaired) electrons. The Hall–Kier alpha value is -1.07. The zero-order valence-electron chi connectivity index (χ0n) is 8.07. The van der Waals surface area contributed by atoms with Crippen molar-refractivity contribution in [3.8, 4) is 0 Å². The molecule has 1 aromatic rings. The van der Waals surface area contributed by atoms with Crippen molar-refractivity contribution >= 4 is 23.4 Å². The number of benzene rings is 1. The van der Waals surface area contributed by atoms with E-state index in [0.29, 0.717) is 5.69 Å². The Kier molecular flexibility index (Phi) is 2.93. The first-order chi connectivity index (χ1) is 7.22. The van der Waals surface area contributed by atoms with E-state index in [0.717, 1.165) is 4.90 Å². The molecule has 0 saturated heterocycles. The monoisotopic (exact) mass is 227 g/mol. The Morgan fingerprint density at radius 1 is 1.47 bits per heavy atom. The summed E-state index contributed by atoms with van der Waals surface area (Å²) in [6.45, 7) is 0. The van der Waals surface area contributed by atoms with Crippen LogP contribution in [0, 0.1) is 0 Å². The van der Waals surface area contributed by atoms with E-state index in [-0.39, 0.29) is 0 Å². The summed E-state index contributed by atoms with van der Waals surface area (Å²) in [7, 11) is 1.39. The van der Waals surface area contributed by atoms with Crippen LogP contribution >= 0.6 is 11.8 Å². The first kappa shape index (κ1) is 10.4. The van der Waals surface area contributed by atoms with Crippen molar-refractivity contribution in [3.63, 3.8) is 0 Å². The van der Waals surface area contributed by atoms with Crippen LogP contribution < -0.4 is 5.32 Å². The zero-order valence-corrected chi connectivity index (χ0v) is 8.88. The van der Waals surface area contributed by atoms with Crippen molar-refractivity contribution in [2.24, 2.45) is 0 Å². The van der Waals surface area contributed by atoms with Crippen LogP contribution in [0.1, 0.15) is 0 Å². The highest BCUT2D eigenvalue weighted by Gasteiger charge is 2.33. The molecule has 0 unspecified atom stereocenters. The highest BCUT2D eigenvalue weighted by molar-refractivity contribution is 8.00. The predicted octanol–water partition coefficient (Wildman–Crippen LogP) is 2.04. The molecule has 1 N–H and O–H groups in total. The summed E-state index contributed by atoms with van der Waals surface area (Å²) in [5.74, 6) is -0.653. The summed E-state index contributed by atoms with van der Waals surface area (Å²) < 4.78 is 18.4. The van der Waals surface area contributed by atoms with Gasteiger partial charge in [0.2, 0.25) is 6.17 Å². The normalized spacial score (nSPS) is 25.3. The summed E-state index contributed by atoms with van der Waals surface area (Å²) >= 11 is 1.21. The quantitative estimate of drug-likeness (QED) is 0.798. The zero-order chi connectivity index (χ0) is 10.8. The van der Waals surface area contributed by atoms with Gasteiger partial charge in [0.05, 0.1) is 5.69 Å². The van der Waals surface area contributed by atoms with Crippen LogP contribution in [0.4, 0.5) is 10.1 Å². The number of thioether (sulfide) groups is 1. The molecule has 1 aromatic carbocycles. The van der Waals surface area contributed by atoms with Gasteiger partial charge in [-0.1, -0.05) is 23.9 Å². The van der Waals surface area contributed by atoms with E-state index in [1.807, 2.05) is 12.1 Å². The van der Waals surface area contributed by atoms with Gasteiger partial charge in [-0.15, -0.1) is 0 Å². The van der Waals surface area contributed by atoms with Crippen LogP contribution in [0.15, 0.2) is 29.2 Å². The van der Waals surface area contributed by atoms with E-state index < -0.39 is 17.5 Å². The van der Waals surface area contributed by atoms with Crippen LogP contribution in [0.5, 0.6) is 0 Å². The lowest BCUT2D eigenvalue weighted by Gasteiger charge is -2.13. The maximum Gasteiger partial charge on any atom is 0.262 e. The lowest BCUT2D eigenvalue weighted by molar-refractivity contribution is -0.123. The fourth-order valence-electron chi connectivity index (χ4n) is 1.35. The number of nitrogens with one attached hydrogen (secondary N) is 1. The third-order valence-electron chi connectivity index (χ3n) is 2.11. The van der Waals surface area contributed by atoms with Gasteiger partial charge in [0.15, 0.2) is 0 Å². The second kappa shape index (κ2) is 4.20. The third kappa shape index (κ3) is 1.98. The molecule has 0 bridgehead atoms. The van der Waals surface area contributed by atoms with Gasteiger partial charge in [0.1, 0.15) is 5.44 Å². The van der Waals surface area contributed by atoms with E-state index in [1.165, 1.54) is 18.9 Å². The van der Waals surface area contributed by atoms with E-state index in [2.05, 4.69) is 5.32 Å². The number of amides is 1. The molecule has 1 aliphatic heterocycles. The van der Waals surface area contributed by atoms with Crippen molar-refractivity contribution in [1.82, 2.24) is 0 Å². The molecule has 0 saturated carbocycles. The molecule has 2 atom stereocenters. The molecule has 5 heteroatoms. The Morgan fingerprint density at radius 3 is 2.93 bits per heavy atom. The highest BCUT2D eigenvalue weighted by Crippen LogP contribution is 2.36. The standard InChI is InChI=1S/C10H10FNO2S/c1-14-10-8(11)9(13)12-6-4-2-3-5-7(6)15-10/h2-5,8,10H,1H3,(H,12,13)/t8-,10-/m0/s1. The van der Waals surface area contributed by atoms with Gasteiger partial charge >= 0.3 is 0 Å². The average molecular weight is 227 g/mol. The topological polar surface area (TPSA) is 38.3 Å². The first-order valence-electron chi connectivity index (χ1n) is 4.46. The van der Waals surface area contributed by atoms with Crippen molar-refractivity contribution in [2.75, 3.05) is 12.4 Å². The molecule has 0 spiro atoms. The Bertz CT molecular complexity index is 385. The summed E-state index contributed by atoms with van der Waals surface area (Å²) in [5, 5.41) is 2.52. The summed E-state index contributed by atoms with van der Waals surface area (Å²) in [6.07, 6.45) is -1.65. The number of carbonyl (C=O) groups excluding carboxylic acids is 1. The third-order valence-corrected chi connectivity index (χ3v) is 3.38. The lowest BCUT2D eigenvalue weighted by Crippen LogP contribution is -2.32. The molecule has 0 aromatic heterocycles. The van der Waals surface area contributed by atoms with Gasteiger partial charge in [-0.05, 0) is 12.1 Å². The van der Waals surface area contributed by atoms with Crippen LogP contribution in [0.3, 0.4) is 0 Å². The number of fused-ring (bicyclic) bond motifs is 1. The molecular weight excluding hydrogens is 217 g/mol. The van der Waals surface area contributed by atoms with Crippen LogP contribution in [0.25, 0.3) is 0 Å². The average Bonchev–Trinajstić information content (AvgIpc) is 2.37. The van der Waals surface area contributed by atoms with Crippen LogP contribution in [-0.2, 0) is 9.53 Å². The largest absolute Gasteiger partial charge is 0.367 e. The SMILES string of the molecule is CO[C@H]1Sc2ccccc2NC(=O)[C@@H]1F. The minimum Gasteiger partial charge on any atom is -0.367 e. The van der Waals surface area contributed by atoms with Crippen LogP contribution in [0.2, 0.25) is 0 Å². The molecular formula is C10H10FNO2S. The lowest BCUT2D eigenvalue weighted by atomic mass is 10.3. The minimum atomic E-state index is -1.65. The number of alkyl halides is 1. The van der Waals surface area contributed by atoms with Gasteiger partial charge in [0.25, 0.3) is 5.91 Å². The van der Waals surface area contributed by atoms with Crippen LogP contribution in [-0.4, -0.2) is 24.6 Å². The second-order valence-corrected chi connectivity index (χ2v) is 4.25. The molecule has 2 rings (SSSR count).